The number of unbranched alkanes of at least 4 members (excludes halogenated alkanes) is 2. The van der Waals surface area contributed by atoms with Crippen molar-refractivity contribution in [2.75, 3.05) is 42.9 Å². The van der Waals surface area contributed by atoms with Crippen LogP contribution in [-0.4, -0.2) is 60.7 Å². The van der Waals surface area contributed by atoms with E-state index in [-0.39, 0.29) is 11.4 Å². The third kappa shape index (κ3) is 9.48. The summed E-state index contributed by atoms with van der Waals surface area (Å²) in [5.41, 5.74) is 9.30. The van der Waals surface area contributed by atoms with Crippen LogP contribution in [0.3, 0.4) is 0 Å². The second-order valence-electron chi connectivity index (χ2n) is 14.6. The van der Waals surface area contributed by atoms with Crippen molar-refractivity contribution in [2.24, 2.45) is 0 Å². The van der Waals surface area contributed by atoms with Gasteiger partial charge in [-0.05, 0) is 112 Å². The number of alkyl halides is 2. The molecular formula is C45H51Cl2N2O5+. The van der Waals surface area contributed by atoms with Crippen molar-refractivity contribution in [2.45, 2.75) is 77.0 Å². The Morgan fingerprint density at radius 3 is 2.52 bits per heavy atom. The summed E-state index contributed by atoms with van der Waals surface area (Å²) >= 11 is 11.9. The molecule has 0 radical (unpaired) electrons. The highest BCUT2D eigenvalue weighted by Gasteiger charge is 2.44. The van der Waals surface area contributed by atoms with Gasteiger partial charge >= 0.3 is 5.97 Å². The van der Waals surface area contributed by atoms with Crippen LogP contribution in [0, 0.1) is 0 Å². The summed E-state index contributed by atoms with van der Waals surface area (Å²) in [6.07, 6.45) is 14.3. The van der Waals surface area contributed by atoms with Gasteiger partial charge in [0.2, 0.25) is 5.69 Å². The number of carbonyl (C=O) groups excluding carboxylic acids is 2. The number of hydrogen-bond acceptors (Lipinski definition) is 6. The third-order valence-electron chi connectivity index (χ3n) is 10.5. The lowest BCUT2D eigenvalue weighted by molar-refractivity contribution is -0.438. The topological polar surface area (TPSA) is 68.1 Å². The molecule has 54 heavy (non-hydrogen) atoms. The standard InChI is InChI=1S/C45H51Cl2N2O5/c1-45(2)39-13-4-5-14-40(39)49(26-6-3-7-29-52-32-50)42(45)23-19-34-11-9-12-36-30-35-18-22-38(31-41(35)54-44(34)36)53-43(51)15-8-10-33-16-20-37(21-17-33)48(27-24-46)28-25-47/h4-5,13-14,16-23,30-32H,3,6-12,15,24-29H2,1-2H3/q+1/b23-19+. The summed E-state index contributed by atoms with van der Waals surface area (Å²) in [6, 6.07) is 22.7. The number of hydrogen-bond donors (Lipinski definition) is 0. The molecule has 9 heteroatoms. The van der Waals surface area contributed by atoms with Crippen molar-refractivity contribution in [1.29, 1.82) is 0 Å². The summed E-state index contributed by atoms with van der Waals surface area (Å²) in [7, 11) is 0. The molecule has 0 fully saturated rings. The number of ether oxygens (including phenoxy) is 3. The van der Waals surface area contributed by atoms with E-state index >= 15 is 0 Å². The molecule has 7 nitrogen and oxygen atoms in total. The average Bonchev–Trinajstić information content (AvgIpc) is 3.39. The summed E-state index contributed by atoms with van der Waals surface area (Å²) < 4.78 is 19.8. The van der Waals surface area contributed by atoms with Crippen LogP contribution in [0.5, 0.6) is 11.5 Å². The zero-order valence-corrected chi connectivity index (χ0v) is 33.0. The maximum absolute atomic E-state index is 12.9. The number of carbonyl (C=O) groups is 2. The van der Waals surface area contributed by atoms with Crippen LogP contribution in [0.25, 0.3) is 6.08 Å². The van der Waals surface area contributed by atoms with Gasteiger partial charge in [-0.25, -0.2) is 0 Å². The molecule has 6 rings (SSSR count). The van der Waals surface area contributed by atoms with Gasteiger partial charge in [0.15, 0.2) is 5.71 Å². The fraction of sp³-hybridized carbons (Fsp3) is 0.400. The molecule has 0 bridgehead atoms. The lowest BCUT2D eigenvalue weighted by atomic mass is 9.81. The molecule has 0 saturated carbocycles. The highest BCUT2D eigenvalue weighted by molar-refractivity contribution is 6.18. The largest absolute Gasteiger partial charge is 0.468 e. The van der Waals surface area contributed by atoms with Gasteiger partial charge < -0.3 is 19.1 Å². The van der Waals surface area contributed by atoms with Crippen molar-refractivity contribution in [3.63, 3.8) is 0 Å². The zero-order chi connectivity index (χ0) is 37.9. The van der Waals surface area contributed by atoms with Crippen molar-refractivity contribution in [1.82, 2.24) is 0 Å². The minimum atomic E-state index is -0.259. The number of allylic oxidation sites excluding steroid dienone is 4. The third-order valence-corrected chi connectivity index (χ3v) is 10.9. The SMILES string of the molecule is CC1(C)C(/C=C/C2=C3Oc4cc(OC(=O)CCCc5ccc(N(CCCl)CCCl)cc5)ccc4C=C3CCC2)=[N+](CCCCCOC=O)c2ccccc21. The number of benzene rings is 3. The minimum absolute atomic E-state index is 0.161. The first-order valence-corrected chi connectivity index (χ1v) is 20.3. The van der Waals surface area contributed by atoms with E-state index in [0.29, 0.717) is 49.2 Å². The van der Waals surface area contributed by atoms with Gasteiger partial charge in [0, 0.05) is 72.7 Å². The minimum Gasteiger partial charge on any atom is -0.468 e. The van der Waals surface area contributed by atoms with Crippen molar-refractivity contribution in [3.05, 3.63) is 112 Å². The first-order chi connectivity index (χ1) is 26.3. The Balaban J connectivity index is 1.11. The van der Waals surface area contributed by atoms with E-state index in [2.05, 4.69) is 90.1 Å². The molecule has 0 aromatic heterocycles. The molecular weight excluding hydrogens is 719 g/mol. The second kappa shape index (κ2) is 18.8. The highest BCUT2D eigenvalue weighted by Crippen LogP contribution is 2.43. The Morgan fingerprint density at radius 1 is 0.944 bits per heavy atom. The molecule has 2 heterocycles. The summed E-state index contributed by atoms with van der Waals surface area (Å²) in [4.78, 5) is 25.6. The predicted molar refractivity (Wildman–Crippen MR) is 219 cm³/mol. The Kier molecular flexibility index (Phi) is 13.7. The smallest absolute Gasteiger partial charge is 0.311 e. The van der Waals surface area contributed by atoms with Crippen LogP contribution in [0.4, 0.5) is 11.4 Å². The molecule has 2 aliphatic heterocycles. The Bertz CT molecular complexity index is 1920. The summed E-state index contributed by atoms with van der Waals surface area (Å²) in [6.45, 7) is 7.96. The van der Waals surface area contributed by atoms with Crippen molar-refractivity contribution >= 4 is 58.8 Å². The molecule has 1 aliphatic carbocycles. The molecule has 0 amide bonds. The van der Waals surface area contributed by atoms with Gasteiger partial charge in [0.05, 0.1) is 12.0 Å². The van der Waals surface area contributed by atoms with Crippen LogP contribution >= 0.6 is 23.2 Å². The average molecular weight is 771 g/mol. The lowest BCUT2D eigenvalue weighted by Crippen LogP contribution is -2.28. The summed E-state index contributed by atoms with van der Waals surface area (Å²) in [5, 5.41) is 0. The van der Waals surface area contributed by atoms with Gasteiger partial charge in [-0.15, -0.1) is 23.2 Å². The van der Waals surface area contributed by atoms with Gasteiger partial charge in [0.1, 0.15) is 23.8 Å². The van der Waals surface area contributed by atoms with E-state index in [9.17, 15) is 9.59 Å². The Morgan fingerprint density at radius 2 is 1.74 bits per heavy atom. The Labute approximate surface area is 329 Å². The van der Waals surface area contributed by atoms with Crippen molar-refractivity contribution < 1.29 is 28.4 Å². The fourth-order valence-electron chi connectivity index (χ4n) is 7.72. The number of anilines is 1. The van der Waals surface area contributed by atoms with Gasteiger partial charge in [-0.2, -0.15) is 4.58 Å². The molecule has 0 unspecified atom stereocenters. The van der Waals surface area contributed by atoms with E-state index in [1.807, 2.05) is 18.2 Å². The molecule has 3 aromatic rings. The number of halogens is 2. The number of aryl methyl sites for hydroxylation is 1. The van der Waals surface area contributed by atoms with Crippen LogP contribution in [-0.2, 0) is 26.2 Å². The number of nitrogens with zero attached hydrogens (tertiary/aromatic N) is 2. The van der Waals surface area contributed by atoms with Crippen LogP contribution in [0.1, 0.15) is 81.9 Å². The zero-order valence-electron chi connectivity index (χ0n) is 31.5. The van der Waals surface area contributed by atoms with Gasteiger partial charge in [0.25, 0.3) is 6.47 Å². The van der Waals surface area contributed by atoms with E-state index in [0.717, 1.165) is 81.6 Å². The number of fused-ring (bicyclic) bond motifs is 3. The maximum atomic E-state index is 12.9. The summed E-state index contributed by atoms with van der Waals surface area (Å²) in [5.74, 6) is 2.92. The molecule has 0 saturated heterocycles. The fourth-order valence-corrected chi connectivity index (χ4v) is 8.13. The molecule has 284 valence electrons. The number of rotatable bonds is 19. The van der Waals surface area contributed by atoms with Crippen LogP contribution in [0.2, 0.25) is 0 Å². The quantitative estimate of drug-likeness (QED) is 0.0302. The van der Waals surface area contributed by atoms with E-state index in [1.165, 1.54) is 33.7 Å². The Hall–Kier alpha value is -4.33. The molecule has 3 aliphatic rings. The first kappa shape index (κ1) is 39.4. The maximum Gasteiger partial charge on any atom is 0.311 e. The predicted octanol–water partition coefficient (Wildman–Crippen LogP) is 10.1. The number of esters is 1. The second-order valence-corrected chi connectivity index (χ2v) is 15.3. The normalized spacial score (nSPS) is 15.7. The number of para-hydroxylation sites is 1. The van der Waals surface area contributed by atoms with Gasteiger partial charge in [-0.1, -0.05) is 30.3 Å². The first-order valence-electron chi connectivity index (χ1n) is 19.2. The molecule has 0 spiro atoms. The van der Waals surface area contributed by atoms with Crippen LogP contribution in [0.15, 0.2) is 95.8 Å². The highest BCUT2D eigenvalue weighted by atomic mass is 35.5. The van der Waals surface area contributed by atoms with E-state index in [4.69, 9.17) is 37.4 Å². The van der Waals surface area contributed by atoms with E-state index in [1.54, 1.807) is 0 Å². The molecule has 3 aromatic carbocycles. The van der Waals surface area contributed by atoms with Crippen molar-refractivity contribution in [3.8, 4) is 11.5 Å². The lowest BCUT2D eigenvalue weighted by Gasteiger charge is -2.26. The van der Waals surface area contributed by atoms with E-state index < -0.39 is 0 Å². The molecule has 0 atom stereocenters. The molecule has 0 N–H and O–H groups in total. The van der Waals surface area contributed by atoms with Crippen LogP contribution < -0.4 is 14.4 Å². The monoisotopic (exact) mass is 769 g/mol. The van der Waals surface area contributed by atoms with Gasteiger partial charge in [-0.3, -0.25) is 9.59 Å².